The van der Waals surface area contributed by atoms with Gasteiger partial charge in [0.2, 0.25) is 0 Å². The van der Waals surface area contributed by atoms with Crippen LogP contribution in [0.3, 0.4) is 0 Å². The molecule has 132 valence electrons. The van der Waals surface area contributed by atoms with Crippen LogP contribution in [-0.4, -0.2) is 4.57 Å². The van der Waals surface area contributed by atoms with E-state index in [-0.39, 0.29) is 58.9 Å². The molecule has 5 rings (SSSR count). The molecule has 26 heavy (non-hydrogen) atoms. The van der Waals surface area contributed by atoms with E-state index in [0.717, 1.165) is 6.42 Å². The molecule has 0 saturated heterocycles. The molecule has 0 N–H and O–H groups in total. The molecule has 0 atom stereocenters. The minimum atomic E-state index is 0. The Balaban J connectivity index is 0.000000845. The summed E-state index contributed by atoms with van der Waals surface area (Å²) in [6.45, 7) is 0. The van der Waals surface area contributed by atoms with Crippen molar-refractivity contribution in [1.29, 1.82) is 0 Å². The predicted octanol–water partition coefficient (Wildman–Crippen LogP) is 6.46. The number of fused-ring (bicyclic) bond motifs is 5. The molecule has 4 aromatic rings. The van der Waals surface area contributed by atoms with Crippen LogP contribution in [0.4, 0.5) is 0 Å². The first kappa shape index (κ1) is 22.8. The van der Waals surface area contributed by atoms with E-state index >= 15 is 0 Å². The van der Waals surface area contributed by atoms with Gasteiger partial charge >= 0.3 is 0 Å². The van der Waals surface area contributed by atoms with Crippen molar-refractivity contribution in [3.05, 3.63) is 90.0 Å². The Hall–Kier alpha value is -1.22. The zero-order valence-corrected chi connectivity index (χ0v) is 17.9. The number of hydrogen-bond donors (Lipinski definition) is 0. The van der Waals surface area contributed by atoms with Crippen LogP contribution in [0.15, 0.2) is 78.9 Å². The second kappa shape index (κ2) is 9.13. The Morgan fingerprint density at radius 1 is 0.654 bits per heavy atom. The van der Waals surface area contributed by atoms with Crippen LogP contribution in [0.1, 0.15) is 11.1 Å². The summed E-state index contributed by atoms with van der Waals surface area (Å²) in [6.07, 6.45) is 1.03. The molecule has 1 aliphatic rings. The summed E-state index contributed by atoms with van der Waals surface area (Å²) in [6, 6.07) is 28.2. The van der Waals surface area contributed by atoms with E-state index in [1.165, 1.54) is 39.0 Å². The van der Waals surface area contributed by atoms with Crippen molar-refractivity contribution in [1.82, 2.24) is 4.57 Å². The third-order valence-electron chi connectivity index (χ3n) is 4.63. The van der Waals surface area contributed by atoms with Gasteiger partial charge in [-0.05, 0) is 29.3 Å². The van der Waals surface area contributed by atoms with Gasteiger partial charge in [0.1, 0.15) is 0 Å². The van der Waals surface area contributed by atoms with Crippen LogP contribution in [0.25, 0.3) is 27.8 Å². The number of halogens is 3. The van der Waals surface area contributed by atoms with Crippen LogP contribution in [0.5, 0.6) is 0 Å². The first-order valence-corrected chi connectivity index (χ1v) is 7.69. The van der Waals surface area contributed by atoms with Crippen molar-refractivity contribution in [3.63, 3.8) is 0 Å². The smallest absolute Gasteiger partial charge is 0.0579 e. The van der Waals surface area contributed by atoms with Crippen LogP contribution < -0.4 is 0 Å². The van der Waals surface area contributed by atoms with Crippen molar-refractivity contribution in [2.24, 2.45) is 0 Å². The molecule has 0 bridgehead atoms. The zero-order valence-electron chi connectivity index (χ0n) is 13.9. The van der Waals surface area contributed by atoms with E-state index in [2.05, 4.69) is 83.4 Å². The number of para-hydroxylation sites is 2. The fourth-order valence-electron chi connectivity index (χ4n) is 3.71. The van der Waals surface area contributed by atoms with Gasteiger partial charge in [0.15, 0.2) is 0 Å². The van der Waals surface area contributed by atoms with Gasteiger partial charge in [-0.2, -0.15) is 0 Å². The Bertz CT molecular complexity index is 1010. The fourth-order valence-corrected chi connectivity index (χ4v) is 3.71. The fraction of sp³-hybridized carbons (Fsp3) is 0.0476. The van der Waals surface area contributed by atoms with E-state index in [1.54, 1.807) is 0 Å². The average Bonchev–Trinajstić information content (AvgIpc) is 3.10. The van der Waals surface area contributed by atoms with Gasteiger partial charge in [-0.25, -0.2) is 0 Å². The van der Waals surface area contributed by atoms with E-state index in [9.17, 15) is 0 Å². The Morgan fingerprint density at radius 3 is 2.04 bits per heavy atom. The normalized spacial score (nSPS) is 10.5. The van der Waals surface area contributed by atoms with Crippen molar-refractivity contribution < 1.29 is 21.7 Å². The third kappa shape index (κ3) is 3.35. The molecule has 5 heteroatoms. The van der Waals surface area contributed by atoms with Crippen LogP contribution >= 0.6 is 37.2 Å². The van der Waals surface area contributed by atoms with Gasteiger partial charge in [0.25, 0.3) is 0 Å². The predicted molar refractivity (Wildman–Crippen MR) is 113 cm³/mol. The van der Waals surface area contributed by atoms with Gasteiger partial charge in [-0.3, -0.25) is 0 Å². The van der Waals surface area contributed by atoms with Gasteiger partial charge in [0.05, 0.1) is 11.2 Å². The molecule has 1 aromatic heterocycles. The maximum absolute atomic E-state index is 2.41. The van der Waals surface area contributed by atoms with Crippen LogP contribution in [-0.2, 0) is 28.1 Å². The molecule has 0 spiro atoms. The molecule has 0 unspecified atom stereocenters. The summed E-state index contributed by atoms with van der Waals surface area (Å²) in [7, 11) is 0. The SMILES string of the molecule is Cl.Cl.Cl.[Ti].c1ccc(-n2c3c(c4ccccc42)Cc2ccccc2-3)cc1. The molecule has 0 radical (unpaired) electrons. The standard InChI is InChI=1S/C21H15N.3ClH.Ti/c1-2-9-16(10-3-1)22-20-13-7-6-12-18(20)19-14-15-8-4-5-11-17(15)21(19)22;;;;/h1-13H,14H2;3*1H;. The van der Waals surface area contributed by atoms with E-state index in [4.69, 9.17) is 0 Å². The van der Waals surface area contributed by atoms with Crippen LogP contribution in [0.2, 0.25) is 0 Å². The Kier molecular flexibility index (Phi) is 8.01. The quantitative estimate of drug-likeness (QED) is 0.265. The van der Waals surface area contributed by atoms with E-state index in [1.807, 2.05) is 0 Å². The second-order valence-corrected chi connectivity index (χ2v) is 5.85. The molecule has 1 heterocycles. The number of nitrogens with zero attached hydrogens (tertiary/aromatic N) is 1. The molecule has 1 nitrogen and oxygen atoms in total. The molecule has 0 fully saturated rings. The van der Waals surface area contributed by atoms with Crippen molar-refractivity contribution in [2.45, 2.75) is 6.42 Å². The molecule has 0 aliphatic heterocycles. The van der Waals surface area contributed by atoms with Crippen molar-refractivity contribution in [3.8, 4) is 16.9 Å². The monoisotopic (exact) mass is 437 g/mol. The largest absolute Gasteiger partial charge is 0.309 e. The molecule has 3 aromatic carbocycles. The summed E-state index contributed by atoms with van der Waals surface area (Å²) < 4.78 is 2.41. The van der Waals surface area contributed by atoms with Crippen LogP contribution in [0, 0.1) is 0 Å². The number of rotatable bonds is 1. The number of hydrogen-bond acceptors (Lipinski definition) is 0. The number of benzene rings is 3. The summed E-state index contributed by atoms with van der Waals surface area (Å²) in [4.78, 5) is 0. The van der Waals surface area contributed by atoms with Gasteiger partial charge < -0.3 is 4.57 Å². The second-order valence-electron chi connectivity index (χ2n) is 5.85. The Morgan fingerprint density at radius 2 is 1.27 bits per heavy atom. The maximum atomic E-state index is 2.41. The summed E-state index contributed by atoms with van der Waals surface area (Å²) in [5, 5.41) is 1.37. The van der Waals surface area contributed by atoms with Crippen molar-refractivity contribution in [2.75, 3.05) is 0 Å². The van der Waals surface area contributed by atoms with Crippen molar-refractivity contribution >= 4 is 48.1 Å². The molecular weight excluding hydrogens is 420 g/mol. The van der Waals surface area contributed by atoms with E-state index < -0.39 is 0 Å². The first-order valence-electron chi connectivity index (χ1n) is 7.69. The molecule has 0 amide bonds. The van der Waals surface area contributed by atoms with Gasteiger partial charge in [0, 0.05) is 44.8 Å². The maximum Gasteiger partial charge on any atom is 0.0579 e. The summed E-state index contributed by atoms with van der Waals surface area (Å²) >= 11 is 0. The average molecular weight is 439 g/mol. The minimum absolute atomic E-state index is 0. The Labute approximate surface area is 186 Å². The minimum Gasteiger partial charge on any atom is -0.309 e. The topological polar surface area (TPSA) is 4.93 Å². The molecule has 1 aliphatic carbocycles. The third-order valence-corrected chi connectivity index (χ3v) is 4.63. The zero-order chi connectivity index (χ0) is 14.5. The summed E-state index contributed by atoms with van der Waals surface area (Å²) in [5.41, 5.74) is 8.16. The van der Waals surface area contributed by atoms with Gasteiger partial charge in [-0.15, -0.1) is 37.2 Å². The molecule has 0 saturated carbocycles. The number of aromatic nitrogens is 1. The first-order chi connectivity index (χ1) is 10.9. The summed E-state index contributed by atoms with van der Waals surface area (Å²) in [5.74, 6) is 0. The molecular formula is C21H18Cl3NTi. The van der Waals surface area contributed by atoms with E-state index in [0.29, 0.717) is 0 Å². The van der Waals surface area contributed by atoms with Gasteiger partial charge in [-0.1, -0.05) is 60.7 Å².